The maximum atomic E-state index is 13.9. The van der Waals surface area contributed by atoms with Crippen LogP contribution in [0.15, 0.2) is 70.2 Å². The number of nitrogens with zero attached hydrogens (tertiary/aromatic N) is 1. The van der Waals surface area contributed by atoms with Gasteiger partial charge in [-0.2, -0.15) is 8.42 Å². The Kier molecular flexibility index (Phi) is 7.49. The molecular formula is C22H22FNO7S. The summed E-state index contributed by atoms with van der Waals surface area (Å²) in [5.74, 6) is -1.03. The SMILES string of the molecule is COCCN(Cc1cccc(OS(=O)(=O)c2ccc(OC)c(F)c2)c1)C(=O)c1ccco1. The molecule has 0 radical (unpaired) electrons. The first-order valence-corrected chi connectivity index (χ1v) is 10.9. The van der Waals surface area contributed by atoms with E-state index in [1.807, 2.05) is 0 Å². The van der Waals surface area contributed by atoms with E-state index < -0.39 is 15.9 Å². The Labute approximate surface area is 185 Å². The topological polar surface area (TPSA) is 95.3 Å². The summed E-state index contributed by atoms with van der Waals surface area (Å²) < 4.78 is 59.3. The first kappa shape index (κ1) is 23.3. The second-order valence-electron chi connectivity index (χ2n) is 6.68. The summed E-state index contributed by atoms with van der Waals surface area (Å²) in [5, 5.41) is 0. The molecular weight excluding hydrogens is 441 g/mol. The third-order valence-electron chi connectivity index (χ3n) is 4.47. The molecule has 0 N–H and O–H groups in total. The Bertz CT molecular complexity index is 1160. The molecule has 0 unspecified atom stereocenters. The van der Waals surface area contributed by atoms with Crippen molar-refractivity contribution in [3.63, 3.8) is 0 Å². The van der Waals surface area contributed by atoms with Crippen LogP contribution in [0.25, 0.3) is 0 Å². The van der Waals surface area contributed by atoms with Crippen molar-refractivity contribution in [1.29, 1.82) is 0 Å². The summed E-state index contributed by atoms with van der Waals surface area (Å²) in [4.78, 5) is 13.9. The van der Waals surface area contributed by atoms with Crippen LogP contribution in [0.4, 0.5) is 4.39 Å². The molecule has 3 aromatic rings. The number of halogens is 1. The Balaban J connectivity index is 1.79. The predicted molar refractivity (Wildman–Crippen MR) is 113 cm³/mol. The fourth-order valence-corrected chi connectivity index (χ4v) is 3.84. The molecule has 0 saturated heterocycles. The van der Waals surface area contributed by atoms with Crippen molar-refractivity contribution in [3.05, 3.63) is 78.0 Å². The van der Waals surface area contributed by atoms with Gasteiger partial charge in [0.15, 0.2) is 17.3 Å². The van der Waals surface area contributed by atoms with Crippen LogP contribution in [0.5, 0.6) is 11.5 Å². The van der Waals surface area contributed by atoms with Crippen molar-refractivity contribution in [2.45, 2.75) is 11.4 Å². The number of amides is 1. The first-order valence-electron chi connectivity index (χ1n) is 9.52. The Morgan fingerprint density at radius 2 is 1.91 bits per heavy atom. The lowest BCUT2D eigenvalue weighted by molar-refractivity contribution is 0.0649. The fraction of sp³-hybridized carbons (Fsp3) is 0.227. The lowest BCUT2D eigenvalue weighted by atomic mass is 10.2. The standard InChI is InChI=1S/C22H22FNO7S/c1-28-12-10-24(22(25)21-7-4-11-30-21)15-16-5-3-6-17(13-16)31-32(26,27)18-8-9-20(29-2)19(23)14-18/h3-9,11,13-14H,10,12,15H2,1-2H3. The van der Waals surface area contributed by atoms with Gasteiger partial charge in [-0.05, 0) is 48.0 Å². The highest BCUT2D eigenvalue weighted by Gasteiger charge is 2.21. The maximum Gasteiger partial charge on any atom is 0.339 e. The number of hydrogen-bond donors (Lipinski definition) is 0. The quantitative estimate of drug-likeness (QED) is 0.425. The zero-order valence-corrected chi connectivity index (χ0v) is 18.3. The van der Waals surface area contributed by atoms with Crippen LogP contribution in [-0.4, -0.2) is 46.6 Å². The second-order valence-corrected chi connectivity index (χ2v) is 8.22. The van der Waals surface area contributed by atoms with Crippen LogP contribution in [0.3, 0.4) is 0 Å². The molecule has 0 bridgehead atoms. The molecule has 1 aromatic heterocycles. The molecule has 0 aliphatic carbocycles. The van der Waals surface area contributed by atoms with Crippen LogP contribution in [0.2, 0.25) is 0 Å². The number of hydrogen-bond acceptors (Lipinski definition) is 7. The molecule has 0 atom stereocenters. The summed E-state index contributed by atoms with van der Waals surface area (Å²) >= 11 is 0. The summed E-state index contributed by atoms with van der Waals surface area (Å²) in [6, 6.07) is 12.7. The molecule has 0 fully saturated rings. The normalized spacial score (nSPS) is 11.2. The van der Waals surface area contributed by atoms with Crippen LogP contribution in [0, 0.1) is 5.82 Å². The number of methoxy groups -OCH3 is 2. The number of ether oxygens (including phenoxy) is 2. The van der Waals surface area contributed by atoms with Gasteiger partial charge in [-0.3, -0.25) is 4.79 Å². The average Bonchev–Trinajstić information content (AvgIpc) is 3.31. The minimum Gasteiger partial charge on any atom is -0.494 e. The summed E-state index contributed by atoms with van der Waals surface area (Å²) in [5.41, 5.74) is 0.620. The smallest absolute Gasteiger partial charge is 0.339 e. The Morgan fingerprint density at radius 1 is 1.09 bits per heavy atom. The van der Waals surface area contributed by atoms with Crippen molar-refractivity contribution in [1.82, 2.24) is 4.90 Å². The highest BCUT2D eigenvalue weighted by Crippen LogP contribution is 2.24. The molecule has 1 heterocycles. The van der Waals surface area contributed by atoms with Gasteiger partial charge in [0.05, 0.1) is 20.0 Å². The van der Waals surface area contributed by atoms with Crippen molar-refractivity contribution >= 4 is 16.0 Å². The van der Waals surface area contributed by atoms with Crippen LogP contribution >= 0.6 is 0 Å². The van der Waals surface area contributed by atoms with E-state index in [2.05, 4.69) is 0 Å². The molecule has 32 heavy (non-hydrogen) atoms. The lowest BCUT2D eigenvalue weighted by Crippen LogP contribution is -2.33. The van der Waals surface area contributed by atoms with Gasteiger partial charge in [-0.1, -0.05) is 12.1 Å². The average molecular weight is 463 g/mol. The zero-order valence-electron chi connectivity index (χ0n) is 17.5. The van der Waals surface area contributed by atoms with E-state index in [4.69, 9.17) is 18.1 Å². The Hall–Kier alpha value is -3.37. The molecule has 8 nitrogen and oxygen atoms in total. The van der Waals surface area contributed by atoms with Crippen molar-refractivity contribution < 1.29 is 35.7 Å². The monoisotopic (exact) mass is 463 g/mol. The molecule has 0 spiro atoms. The van der Waals surface area contributed by atoms with Gasteiger partial charge in [0.25, 0.3) is 5.91 Å². The molecule has 10 heteroatoms. The van der Waals surface area contributed by atoms with Gasteiger partial charge in [0.1, 0.15) is 10.6 Å². The van der Waals surface area contributed by atoms with Gasteiger partial charge in [-0.15, -0.1) is 0 Å². The van der Waals surface area contributed by atoms with Crippen LogP contribution in [0.1, 0.15) is 16.1 Å². The highest BCUT2D eigenvalue weighted by molar-refractivity contribution is 7.87. The molecule has 170 valence electrons. The van der Waals surface area contributed by atoms with E-state index in [0.717, 1.165) is 6.07 Å². The molecule has 0 aliphatic heterocycles. The minimum absolute atomic E-state index is 0.0239. The first-order chi connectivity index (χ1) is 15.3. The maximum absolute atomic E-state index is 13.9. The molecule has 2 aromatic carbocycles. The third-order valence-corrected chi connectivity index (χ3v) is 5.72. The zero-order chi connectivity index (χ0) is 23.1. The van der Waals surface area contributed by atoms with Crippen molar-refractivity contribution in [2.24, 2.45) is 0 Å². The lowest BCUT2D eigenvalue weighted by Gasteiger charge is -2.21. The van der Waals surface area contributed by atoms with E-state index in [1.54, 1.807) is 24.3 Å². The van der Waals surface area contributed by atoms with Gasteiger partial charge in [-0.25, -0.2) is 4.39 Å². The van der Waals surface area contributed by atoms with Crippen molar-refractivity contribution in [2.75, 3.05) is 27.4 Å². The summed E-state index contributed by atoms with van der Waals surface area (Å²) in [6.45, 7) is 0.766. The number of rotatable bonds is 10. The van der Waals surface area contributed by atoms with Gasteiger partial charge in [0, 0.05) is 20.2 Å². The number of benzene rings is 2. The van der Waals surface area contributed by atoms with Gasteiger partial charge in [0.2, 0.25) is 0 Å². The number of furan rings is 1. The third kappa shape index (κ3) is 5.65. The van der Waals surface area contributed by atoms with E-state index in [0.29, 0.717) is 18.7 Å². The fourth-order valence-electron chi connectivity index (χ4n) is 2.90. The summed E-state index contributed by atoms with van der Waals surface area (Å²) in [7, 11) is -1.48. The van der Waals surface area contributed by atoms with E-state index >= 15 is 0 Å². The van der Waals surface area contributed by atoms with Crippen LogP contribution < -0.4 is 8.92 Å². The van der Waals surface area contributed by atoms with Gasteiger partial charge >= 0.3 is 10.1 Å². The highest BCUT2D eigenvalue weighted by atomic mass is 32.2. The minimum atomic E-state index is -4.28. The van der Waals surface area contributed by atoms with E-state index in [9.17, 15) is 17.6 Å². The molecule has 0 aliphatic rings. The van der Waals surface area contributed by atoms with Crippen LogP contribution in [-0.2, 0) is 21.4 Å². The number of carbonyl (C=O) groups is 1. The summed E-state index contributed by atoms with van der Waals surface area (Å²) in [6.07, 6.45) is 1.41. The molecule has 3 rings (SSSR count). The number of carbonyl (C=O) groups excluding carboxylic acids is 1. The Morgan fingerprint density at radius 3 is 2.56 bits per heavy atom. The van der Waals surface area contributed by atoms with Gasteiger partial charge < -0.3 is 23.0 Å². The van der Waals surface area contributed by atoms with E-state index in [1.165, 1.54) is 49.6 Å². The largest absolute Gasteiger partial charge is 0.494 e. The molecule has 1 amide bonds. The van der Waals surface area contributed by atoms with Crippen molar-refractivity contribution in [3.8, 4) is 11.5 Å². The second kappa shape index (κ2) is 10.3. The molecule has 0 saturated carbocycles. The van der Waals surface area contributed by atoms with E-state index in [-0.39, 0.29) is 34.6 Å². The predicted octanol–water partition coefficient (Wildman–Crippen LogP) is 3.48.